The topological polar surface area (TPSA) is 66.9 Å². The van der Waals surface area contributed by atoms with Crippen molar-refractivity contribution in [3.63, 3.8) is 0 Å². The highest BCUT2D eigenvalue weighted by atomic mass is 19.1. The number of carbonyl (C=O) groups excluding carboxylic acids is 1. The Morgan fingerprint density at radius 3 is 2.52 bits per heavy atom. The summed E-state index contributed by atoms with van der Waals surface area (Å²) < 4.78 is 26.5. The average Bonchev–Trinajstić information content (AvgIpc) is 2.63. The van der Waals surface area contributed by atoms with Crippen LogP contribution in [0.25, 0.3) is 0 Å². The zero-order chi connectivity index (χ0) is 17.6. The number of benzene rings is 2. The van der Waals surface area contributed by atoms with Crippen molar-refractivity contribution in [2.24, 2.45) is 0 Å². The van der Waals surface area contributed by atoms with Gasteiger partial charge in [-0.2, -0.15) is 0 Å². The molecule has 2 aromatic carbocycles. The monoisotopic (exact) mass is 340 g/mol. The van der Waals surface area contributed by atoms with Crippen molar-refractivity contribution >= 4 is 17.4 Å². The summed E-state index contributed by atoms with van der Waals surface area (Å²) in [6.07, 6.45) is 1.22. The van der Waals surface area contributed by atoms with Crippen molar-refractivity contribution in [1.82, 2.24) is 15.3 Å². The summed E-state index contributed by atoms with van der Waals surface area (Å²) in [6, 6.07) is 13.4. The van der Waals surface area contributed by atoms with Crippen LogP contribution in [0.5, 0.6) is 0 Å². The number of carbonyl (C=O) groups is 1. The molecule has 3 aromatic rings. The van der Waals surface area contributed by atoms with Gasteiger partial charge in [-0.05, 0) is 29.8 Å². The van der Waals surface area contributed by atoms with Crippen LogP contribution in [0.1, 0.15) is 16.1 Å². The smallest absolute Gasteiger partial charge is 0.270 e. The van der Waals surface area contributed by atoms with Crippen molar-refractivity contribution in [2.75, 3.05) is 5.32 Å². The molecule has 3 rings (SSSR count). The molecule has 5 nitrogen and oxygen atoms in total. The molecule has 0 aliphatic carbocycles. The maximum atomic E-state index is 13.7. The highest BCUT2D eigenvalue weighted by molar-refractivity contribution is 5.92. The van der Waals surface area contributed by atoms with E-state index in [1.807, 2.05) is 0 Å². The summed E-state index contributed by atoms with van der Waals surface area (Å²) in [5, 5.41) is 5.48. The van der Waals surface area contributed by atoms with Crippen LogP contribution in [-0.2, 0) is 6.54 Å². The lowest BCUT2D eigenvalue weighted by Crippen LogP contribution is -2.24. The lowest BCUT2D eigenvalue weighted by atomic mass is 10.2. The summed E-state index contributed by atoms with van der Waals surface area (Å²) in [5.74, 6) is -0.881. The molecule has 1 amide bonds. The molecule has 0 atom stereocenters. The van der Waals surface area contributed by atoms with E-state index >= 15 is 0 Å². The minimum absolute atomic E-state index is 0.135. The number of hydrogen-bond donors (Lipinski definition) is 2. The van der Waals surface area contributed by atoms with Gasteiger partial charge in [0, 0.05) is 12.6 Å². The number of rotatable bonds is 5. The van der Waals surface area contributed by atoms with E-state index < -0.39 is 11.7 Å². The number of para-hydroxylation sites is 1. The van der Waals surface area contributed by atoms with Gasteiger partial charge in [-0.3, -0.25) is 4.79 Å². The highest BCUT2D eigenvalue weighted by Gasteiger charge is 2.10. The fraction of sp³-hybridized carbons (Fsp3) is 0.0556. The van der Waals surface area contributed by atoms with Crippen LogP contribution >= 0.6 is 0 Å². The fourth-order valence-electron chi connectivity index (χ4n) is 2.13. The van der Waals surface area contributed by atoms with Crippen LogP contribution in [0.2, 0.25) is 0 Å². The molecule has 0 unspecified atom stereocenters. The van der Waals surface area contributed by atoms with Gasteiger partial charge in [0.1, 0.15) is 29.5 Å². The first-order valence-corrected chi connectivity index (χ1v) is 7.48. The number of halogens is 2. The SMILES string of the molecule is O=C(NCc1ccc(F)cc1)c1cc(Nc2ccccc2F)ncn1. The highest BCUT2D eigenvalue weighted by Crippen LogP contribution is 2.17. The number of amides is 1. The van der Waals surface area contributed by atoms with Crippen LogP contribution in [0, 0.1) is 11.6 Å². The predicted octanol–water partition coefficient (Wildman–Crippen LogP) is 3.43. The zero-order valence-corrected chi connectivity index (χ0v) is 13.0. The Morgan fingerprint density at radius 2 is 1.76 bits per heavy atom. The Morgan fingerprint density at radius 1 is 1.00 bits per heavy atom. The number of anilines is 2. The Balaban J connectivity index is 1.67. The second kappa shape index (κ2) is 7.48. The minimum Gasteiger partial charge on any atom is -0.347 e. The van der Waals surface area contributed by atoms with E-state index in [1.165, 1.54) is 30.6 Å². The molecule has 25 heavy (non-hydrogen) atoms. The molecule has 0 aliphatic heterocycles. The predicted molar refractivity (Wildman–Crippen MR) is 89.3 cm³/mol. The first kappa shape index (κ1) is 16.5. The van der Waals surface area contributed by atoms with E-state index in [2.05, 4.69) is 20.6 Å². The Kier molecular flexibility index (Phi) is 4.94. The first-order valence-electron chi connectivity index (χ1n) is 7.48. The van der Waals surface area contributed by atoms with E-state index in [-0.39, 0.29) is 23.7 Å². The van der Waals surface area contributed by atoms with Crippen molar-refractivity contribution in [3.05, 3.63) is 83.8 Å². The van der Waals surface area contributed by atoms with Crippen molar-refractivity contribution in [1.29, 1.82) is 0 Å². The number of aromatic nitrogens is 2. The van der Waals surface area contributed by atoms with Gasteiger partial charge in [-0.1, -0.05) is 24.3 Å². The van der Waals surface area contributed by atoms with E-state index in [1.54, 1.807) is 30.3 Å². The van der Waals surface area contributed by atoms with Gasteiger partial charge in [0.05, 0.1) is 5.69 Å². The van der Waals surface area contributed by atoms with Crippen molar-refractivity contribution in [2.45, 2.75) is 6.54 Å². The molecule has 7 heteroatoms. The number of nitrogens with zero attached hydrogens (tertiary/aromatic N) is 2. The second-order valence-electron chi connectivity index (χ2n) is 5.20. The van der Waals surface area contributed by atoms with Gasteiger partial charge >= 0.3 is 0 Å². The minimum atomic E-state index is -0.427. The van der Waals surface area contributed by atoms with Gasteiger partial charge in [-0.25, -0.2) is 18.7 Å². The summed E-state index contributed by atoms with van der Waals surface area (Å²) >= 11 is 0. The van der Waals surface area contributed by atoms with Crippen LogP contribution in [0.15, 0.2) is 60.9 Å². The molecule has 0 spiro atoms. The maximum absolute atomic E-state index is 13.7. The number of nitrogens with one attached hydrogen (secondary N) is 2. The van der Waals surface area contributed by atoms with E-state index in [0.717, 1.165) is 5.56 Å². The quantitative estimate of drug-likeness (QED) is 0.747. The molecular weight excluding hydrogens is 326 g/mol. The van der Waals surface area contributed by atoms with Crippen LogP contribution in [0.3, 0.4) is 0 Å². The molecule has 0 saturated carbocycles. The third-order valence-corrected chi connectivity index (χ3v) is 3.40. The summed E-state index contributed by atoms with van der Waals surface area (Å²) in [4.78, 5) is 20.1. The van der Waals surface area contributed by atoms with Crippen LogP contribution in [-0.4, -0.2) is 15.9 Å². The summed E-state index contributed by atoms with van der Waals surface area (Å²) in [5.41, 5.74) is 1.14. The Labute approximate surface area is 142 Å². The molecule has 2 N–H and O–H groups in total. The normalized spacial score (nSPS) is 10.3. The Hall–Kier alpha value is -3.35. The van der Waals surface area contributed by atoms with Crippen LogP contribution in [0.4, 0.5) is 20.3 Å². The molecule has 0 fully saturated rings. The van der Waals surface area contributed by atoms with Gasteiger partial charge in [0.2, 0.25) is 0 Å². The third kappa shape index (κ3) is 4.35. The Bertz CT molecular complexity index is 884. The number of hydrogen-bond acceptors (Lipinski definition) is 4. The van der Waals surface area contributed by atoms with Gasteiger partial charge in [0.25, 0.3) is 5.91 Å². The molecular formula is C18H14F2N4O. The van der Waals surface area contributed by atoms with Crippen LogP contribution < -0.4 is 10.6 Å². The fourth-order valence-corrected chi connectivity index (χ4v) is 2.13. The first-order chi connectivity index (χ1) is 12.1. The lowest BCUT2D eigenvalue weighted by molar-refractivity contribution is 0.0946. The van der Waals surface area contributed by atoms with Gasteiger partial charge in [0.15, 0.2) is 0 Å². The molecule has 126 valence electrons. The lowest BCUT2D eigenvalue weighted by Gasteiger charge is -2.08. The zero-order valence-electron chi connectivity index (χ0n) is 13.0. The third-order valence-electron chi connectivity index (χ3n) is 3.40. The van der Waals surface area contributed by atoms with Crippen molar-refractivity contribution < 1.29 is 13.6 Å². The molecule has 0 aliphatic rings. The largest absolute Gasteiger partial charge is 0.347 e. The van der Waals surface area contributed by atoms with E-state index in [0.29, 0.717) is 5.82 Å². The molecule has 0 saturated heterocycles. The van der Waals surface area contributed by atoms with E-state index in [9.17, 15) is 13.6 Å². The molecule has 0 bridgehead atoms. The molecule has 1 aromatic heterocycles. The second-order valence-corrected chi connectivity index (χ2v) is 5.20. The molecule has 1 heterocycles. The maximum Gasteiger partial charge on any atom is 0.270 e. The van der Waals surface area contributed by atoms with Crippen molar-refractivity contribution in [3.8, 4) is 0 Å². The summed E-state index contributed by atoms with van der Waals surface area (Å²) in [6.45, 7) is 0.235. The average molecular weight is 340 g/mol. The molecule has 0 radical (unpaired) electrons. The standard InChI is InChI=1S/C18H14F2N4O/c19-13-7-5-12(6-8-13)10-21-18(25)16-9-17(23-11-22-16)24-15-4-2-1-3-14(15)20/h1-9,11H,10H2,(H,21,25)(H,22,23,24). The summed E-state index contributed by atoms with van der Waals surface area (Å²) in [7, 11) is 0. The van der Waals surface area contributed by atoms with E-state index in [4.69, 9.17) is 0 Å². The van der Waals surface area contributed by atoms with Gasteiger partial charge < -0.3 is 10.6 Å². The van der Waals surface area contributed by atoms with Gasteiger partial charge in [-0.15, -0.1) is 0 Å².